The van der Waals surface area contributed by atoms with Crippen LogP contribution in [0, 0.1) is 24.7 Å². The Bertz CT molecular complexity index is 318. The van der Waals surface area contributed by atoms with Crippen molar-refractivity contribution in [3.05, 3.63) is 0 Å². The number of esters is 2. The molecule has 0 heterocycles. The first-order valence-corrected chi connectivity index (χ1v) is 4.43. The van der Waals surface area contributed by atoms with Crippen LogP contribution in [0.25, 0.3) is 0 Å². The molecule has 0 aliphatic carbocycles. The summed E-state index contributed by atoms with van der Waals surface area (Å²) in [6.07, 6.45) is 9.23. The Labute approximate surface area is 93.1 Å². The average molecular weight is 226 g/mol. The Morgan fingerprint density at radius 2 is 1.56 bits per heavy atom. The molecule has 16 heavy (non-hydrogen) atoms. The van der Waals surface area contributed by atoms with Crippen molar-refractivity contribution >= 4 is 11.9 Å². The Kier molecular flexibility index (Phi) is 5.66. The van der Waals surface area contributed by atoms with Gasteiger partial charge in [-0.15, -0.1) is 12.8 Å². The Morgan fingerprint density at radius 1 is 1.19 bits per heavy atom. The van der Waals surface area contributed by atoms with E-state index in [4.69, 9.17) is 12.8 Å². The van der Waals surface area contributed by atoms with Crippen molar-refractivity contribution in [3.8, 4) is 24.7 Å². The highest BCUT2D eigenvalue weighted by atomic mass is 19.1. The lowest BCUT2D eigenvalue weighted by molar-refractivity contribution is -0.173. The molecule has 0 rings (SSSR count). The summed E-state index contributed by atoms with van der Waals surface area (Å²) in [6, 6.07) is 0. The molecule has 0 aromatic carbocycles. The molecular formula is C11H11FO4. The van der Waals surface area contributed by atoms with Crippen LogP contribution in [0.4, 0.5) is 4.39 Å². The van der Waals surface area contributed by atoms with Crippen LogP contribution in [-0.4, -0.2) is 30.8 Å². The smallest absolute Gasteiger partial charge is 0.356 e. The maximum atomic E-state index is 13.9. The van der Waals surface area contributed by atoms with Crippen molar-refractivity contribution in [2.45, 2.75) is 19.0 Å². The number of ether oxygens (including phenoxy) is 2. The van der Waals surface area contributed by atoms with Crippen LogP contribution in [0.15, 0.2) is 0 Å². The minimum atomic E-state index is -2.85. The Balaban J connectivity index is 4.64. The minimum Gasteiger partial charge on any atom is -0.450 e. The monoisotopic (exact) mass is 226 g/mol. The van der Waals surface area contributed by atoms with E-state index in [1.807, 2.05) is 11.8 Å². The number of terminal acetylenes is 2. The van der Waals surface area contributed by atoms with Gasteiger partial charge in [-0.1, -0.05) is 18.8 Å². The van der Waals surface area contributed by atoms with E-state index in [2.05, 4.69) is 9.47 Å². The Morgan fingerprint density at radius 3 is 1.81 bits per heavy atom. The maximum Gasteiger partial charge on any atom is 0.356 e. The average Bonchev–Trinajstić information content (AvgIpc) is 2.31. The first kappa shape index (κ1) is 14.0. The van der Waals surface area contributed by atoms with Gasteiger partial charge >= 0.3 is 17.6 Å². The van der Waals surface area contributed by atoms with Gasteiger partial charge < -0.3 is 9.47 Å². The highest BCUT2D eigenvalue weighted by Gasteiger charge is 2.48. The largest absolute Gasteiger partial charge is 0.450 e. The fourth-order valence-electron chi connectivity index (χ4n) is 0.815. The standard InChI is InChI=1S/C11H11FO4/c1-4-7-15-9(13)11(12,6-3)10(14)16-8-5-2/h1-2H,6-8H2,3H3. The zero-order valence-electron chi connectivity index (χ0n) is 8.79. The highest BCUT2D eigenvalue weighted by molar-refractivity contribution is 6.03. The normalized spacial score (nSPS) is 9.75. The molecule has 0 saturated carbocycles. The molecule has 0 fully saturated rings. The number of hydrogen-bond donors (Lipinski definition) is 0. The van der Waals surface area contributed by atoms with Crippen LogP contribution in [0.5, 0.6) is 0 Å². The molecule has 0 amide bonds. The van der Waals surface area contributed by atoms with Crippen LogP contribution >= 0.6 is 0 Å². The molecule has 4 nitrogen and oxygen atoms in total. The lowest BCUT2D eigenvalue weighted by atomic mass is 10.0. The van der Waals surface area contributed by atoms with E-state index in [-0.39, 0.29) is 0 Å². The fourth-order valence-corrected chi connectivity index (χ4v) is 0.815. The van der Waals surface area contributed by atoms with E-state index in [0.717, 1.165) is 0 Å². The summed E-state index contributed by atoms with van der Waals surface area (Å²) < 4.78 is 22.6. The van der Waals surface area contributed by atoms with Gasteiger partial charge in [0.2, 0.25) is 0 Å². The van der Waals surface area contributed by atoms with Gasteiger partial charge in [0.25, 0.3) is 0 Å². The molecule has 0 N–H and O–H groups in total. The molecule has 0 unspecified atom stereocenters. The minimum absolute atomic E-state index is 0.410. The molecule has 0 saturated heterocycles. The van der Waals surface area contributed by atoms with Crippen molar-refractivity contribution < 1.29 is 23.5 Å². The summed E-state index contributed by atoms with van der Waals surface area (Å²) in [5.41, 5.74) is -2.85. The predicted molar refractivity (Wildman–Crippen MR) is 53.7 cm³/mol. The summed E-state index contributed by atoms with van der Waals surface area (Å²) in [4.78, 5) is 22.4. The third-order valence-corrected chi connectivity index (χ3v) is 1.71. The second kappa shape index (κ2) is 6.47. The Hall–Kier alpha value is -2.01. The number of hydrogen-bond acceptors (Lipinski definition) is 4. The van der Waals surface area contributed by atoms with Gasteiger partial charge in [0, 0.05) is 6.42 Å². The van der Waals surface area contributed by atoms with Gasteiger partial charge in [0.15, 0.2) is 13.2 Å². The molecule has 0 atom stereocenters. The maximum absolute atomic E-state index is 13.9. The zero-order valence-corrected chi connectivity index (χ0v) is 8.79. The molecule has 5 heteroatoms. The number of rotatable bonds is 5. The number of halogens is 1. The summed E-state index contributed by atoms with van der Waals surface area (Å²) in [6.45, 7) is 0.480. The molecule has 86 valence electrons. The van der Waals surface area contributed by atoms with Crippen LogP contribution in [0.3, 0.4) is 0 Å². The number of carbonyl (C=O) groups is 2. The lowest BCUT2D eigenvalue weighted by Crippen LogP contribution is -2.44. The molecule has 0 aromatic heterocycles. The summed E-state index contributed by atoms with van der Waals surface area (Å²) >= 11 is 0. The highest BCUT2D eigenvalue weighted by Crippen LogP contribution is 2.20. The summed E-state index contributed by atoms with van der Waals surface area (Å²) in [5, 5.41) is 0. The van der Waals surface area contributed by atoms with E-state index in [1.54, 1.807) is 0 Å². The SMILES string of the molecule is C#CCOC(=O)C(F)(CC)C(=O)OCC#C. The van der Waals surface area contributed by atoms with E-state index in [0.29, 0.717) is 0 Å². The van der Waals surface area contributed by atoms with Gasteiger partial charge in [0.05, 0.1) is 0 Å². The van der Waals surface area contributed by atoms with Gasteiger partial charge in [-0.3, -0.25) is 0 Å². The summed E-state index contributed by atoms with van der Waals surface area (Å²) in [5.74, 6) is 1.23. The van der Waals surface area contributed by atoms with Crippen LogP contribution in [-0.2, 0) is 19.1 Å². The molecule has 0 radical (unpaired) electrons. The number of alkyl halides is 1. The lowest BCUT2D eigenvalue weighted by Gasteiger charge is -2.18. The van der Waals surface area contributed by atoms with Crippen LogP contribution in [0.1, 0.15) is 13.3 Å². The zero-order chi connectivity index (χ0) is 12.6. The van der Waals surface area contributed by atoms with Crippen LogP contribution < -0.4 is 0 Å². The van der Waals surface area contributed by atoms with Crippen molar-refractivity contribution in [1.82, 2.24) is 0 Å². The van der Waals surface area contributed by atoms with Gasteiger partial charge in [-0.2, -0.15) is 0 Å². The van der Waals surface area contributed by atoms with Crippen LogP contribution in [0.2, 0.25) is 0 Å². The number of carbonyl (C=O) groups excluding carboxylic acids is 2. The van der Waals surface area contributed by atoms with E-state index in [1.165, 1.54) is 6.92 Å². The van der Waals surface area contributed by atoms with Crippen molar-refractivity contribution in [3.63, 3.8) is 0 Å². The predicted octanol–water partition coefficient (Wildman–Crippen LogP) is 0.458. The summed E-state index contributed by atoms with van der Waals surface area (Å²) in [7, 11) is 0. The molecule has 0 bridgehead atoms. The van der Waals surface area contributed by atoms with E-state index < -0.39 is 37.2 Å². The third-order valence-electron chi connectivity index (χ3n) is 1.71. The van der Waals surface area contributed by atoms with Crippen molar-refractivity contribution in [2.24, 2.45) is 0 Å². The molecule has 0 aliphatic rings. The first-order valence-electron chi connectivity index (χ1n) is 4.43. The molecular weight excluding hydrogens is 215 g/mol. The van der Waals surface area contributed by atoms with Crippen molar-refractivity contribution in [1.29, 1.82) is 0 Å². The van der Waals surface area contributed by atoms with Gasteiger partial charge in [0.1, 0.15) is 0 Å². The quantitative estimate of drug-likeness (QED) is 0.388. The first-order chi connectivity index (χ1) is 7.52. The molecule has 0 aromatic rings. The van der Waals surface area contributed by atoms with Gasteiger partial charge in [-0.25, -0.2) is 14.0 Å². The van der Waals surface area contributed by atoms with E-state index >= 15 is 0 Å². The molecule has 0 spiro atoms. The van der Waals surface area contributed by atoms with E-state index in [9.17, 15) is 14.0 Å². The second-order valence-corrected chi connectivity index (χ2v) is 2.72. The third kappa shape index (κ3) is 3.29. The van der Waals surface area contributed by atoms with Crippen molar-refractivity contribution in [2.75, 3.05) is 13.2 Å². The topological polar surface area (TPSA) is 52.6 Å². The fraction of sp³-hybridized carbons (Fsp3) is 0.455. The second-order valence-electron chi connectivity index (χ2n) is 2.72. The van der Waals surface area contributed by atoms with Gasteiger partial charge in [-0.05, 0) is 0 Å². The molecule has 0 aliphatic heterocycles.